The Hall–Kier alpha value is -9.52. The fourth-order valence-electron chi connectivity index (χ4n) is 14.1. The molecule has 12 aromatic rings. The van der Waals surface area contributed by atoms with Crippen molar-refractivity contribution in [3.63, 3.8) is 0 Å². The standard InChI is InChI=1S/4C24H31FN6O4S/c4*1-3-8-36-24-27-22(26-16-10-14(16)13-5-4-12(2)15(25)9-13)19-23(28-24)31(30-29-19)17-11-18(35-7-6-32)21(34)20(17)33/h4*4-5,9,14,16-18,20-21,32-34H,3,6-8,10-11H2,1-2H3,(H,26,27,28)/t4*14-,16+,17+,18-,20-,21+/m0000/s1/i6D2,7D2,8D2,10D2,11D2,17D,18D,20D,21D;7D2,8D2,10D2,11D2,17D,18D,20D,21D;6D2,8D2,10D2,11D2,17D,18D,20D,21D;8D2,10D2,11D2,17D,18D,20D,21D. The van der Waals surface area contributed by atoms with Crippen molar-refractivity contribution in [3.05, 3.63) is 141 Å². The molecule has 24 atom stereocenters. The number of aromatic nitrogens is 20. The van der Waals surface area contributed by atoms with Crippen LogP contribution in [-0.2, 0) is 18.9 Å². The maximum Gasteiger partial charge on any atom is 0.191 e. The molecule has 0 saturated heterocycles. The van der Waals surface area contributed by atoms with E-state index in [0.717, 1.165) is 6.07 Å². The Bertz CT molecular complexity index is 9080. The number of aliphatic hydroxyl groups excluding tert-OH is 2. The van der Waals surface area contributed by atoms with E-state index in [2.05, 4.69) is 107 Å². The summed E-state index contributed by atoms with van der Waals surface area (Å²) in [6.45, 7) is -7.07. The molecule has 8 saturated carbocycles. The first-order valence-electron chi connectivity index (χ1n) is 67.5. The van der Waals surface area contributed by atoms with Crippen molar-refractivity contribution >= 4 is 115 Å². The number of benzene rings is 4. The lowest BCUT2D eigenvalue weighted by Gasteiger charge is -2.17. The zero-order valence-corrected chi connectivity index (χ0v) is 79.6. The summed E-state index contributed by atoms with van der Waals surface area (Å²) in [4.78, 5) is 33.5. The van der Waals surface area contributed by atoms with Crippen LogP contribution in [0.2, 0.25) is 0 Å². The van der Waals surface area contributed by atoms with Crippen molar-refractivity contribution in [2.24, 2.45) is 0 Å². The van der Waals surface area contributed by atoms with Crippen LogP contribution in [0, 0.1) is 51.0 Å². The molecule has 0 spiro atoms. The first kappa shape index (κ1) is 60.8. The van der Waals surface area contributed by atoms with Crippen molar-refractivity contribution in [3.8, 4) is 0 Å². The van der Waals surface area contributed by atoms with Crippen LogP contribution in [0.4, 0.5) is 40.8 Å². The minimum atomic E-state index is -4.35. The summed E-state index contributed by atoms with van der Waals surface area (Å²) >= 11 is 1.84. The largest absolute Gasteiger partial charge is 0.394 e. The summed E-state index contributed by atoms with van der Waals surface area (Å²) in [5.74, 6) is -7.20. The van der Waals surface area contributed by atoms with Crippen LogP contribution in [0.15, 0.2) is 93.4 Å². The van der Waals surface area contributed by atoms with Crippen LogP contribution < -0.4 is 21.3 Å². The normalized spacial score (nSPS) is 44.3. The monoisotopic (exact) mass is 2120 g/mol. The number of ether oxygens (including phenoxy) is 4. The first-order valence-corrected chi connectivity index (χ1v) is 46.8. The van der Waals surface area contributed by atoms with Gasteiger partial charge in [0.25, 0.3) is 0 Å². The molecule has 0 unspecified atom stereocenters. The van der Waals surface area contributed by atoms with E-state index in [1.807, 2.05) is 0 Å². The maximum absolute atomic E-state index is 14.4. The first-order chi connectivity index (χ1) is 87.0. The summed E-state index contributed by atoms with van der Waals surface area (Å²) in [7, 11) is 0. The highest BCUT2D eigenvalue weighted by Crippen LogP contribution is 2.50. The van der Waals surface area contributed by atoms with E-state index in [4.69, 9.17) is 80.0 Å². The van der Waals surface area contributed by atoms with E-state index in [-0.39, 0.29) is 83.9 Å². The van der Waals surface area contributed by atoms with Gasteiger partial charge in [-0.3, -0.25) is 0 Å². The second-order valence-electron chi connectivity index (χ2n) is 31.4. The smallest absolute Gasteiger partial charge is 0.191 e. The number of halogens is 4. The summed E-state index contributed by atoms with van der Waals surface area (Å²) in [6.07, 6.45) is -72.2. The van der Waals surface area contributed by atoms with Gasteiger partial charge in [0.2, 0.25) is 0 Å². The molecule has 8 aliphatic carbocycles. The molecule has 0 amide bonds. The topological polar surface area (TPSA) is 554 Å². The Labute approximate surface area is 911 Å². The highest BCUT2D eigenvalue weighted by atomic mass is 32.2. The quantitative estimate of drug-likeness (QED) is 0.00969. The Balaban J connectivity index is 0.000000167. The van der Waals surface area contributed by atoms with Crippen molar-refractivity contribution < 1.29 is 164 Å². The fourth-order valence-corrected chi connectivity index (χ4v) is 16.3. The third-order valence-electron chi connectivity index (χ3n) is 21.6. The molecule has 8 fully saturated rings. The Morgan fingerprint density at radius 1 is 0.347 bits per heavy atom. The number of hydrogen-bond acceptors (Lipinski definition) is 40. The van der Waals surface area contributed by atoms with E-state index >= 15 is 0 Å². The van der Waals surface area contributed by atoms with Crippen LogP contribution in [-0.4, -0.2) is 334 Å². The number of nitrogens with zero attached hydrogens (tertiary/aromatic N) is 20. The van der Waals surface area contributed by atoms with E-state index in [1.54, 1.807) is 39.0 Å². The third-order valence-corrected chi connectivity index (χ3v) is 24.8. The summed E-state index contributed by atoms with van der Waals surface area (Å²) < 4.78 is 478. The lowest BCUT2D eigenvalue weighted by molar-refractivity contribution is -0.0629. The lowest BCUT2D eigenvalue weighted by atomic mass is 10.1. The molecule has 8 aliphatic rings. The van der Waals surface area contributed by atoms with Gasteiger partial charge in [0, 0.05) is 129 Å². The molecule has 4 aromatic carbocycles. The van der Waals surface area contributed by atoms with Gasteiger partial charge in [-0.05, 0) is 148 Å². The number of aryl methyl sites for hydroxylation is 4. The van der Waals surface area contributed by atoms with Gasteiger partial charge in [-0.1, -0.05) is 144 Å². The predicted molar refractivity (Wildman–Crippen MR) is 530 cm³/mol. The highest BCUT2D eigenvalue weighted by Gasteiger charge is 2.51. The van der Waals surface area contributed by atoms with E-state index < -0.39 is 349 Å². The van der Waals surface area contributed by atoms with Gasteiger partial charge < -0.3 is 101 Å². The number of hydrogen-bond donors (Lipinski definition) is 16. The Morgan fingerprint density at radius 3 is 0.840 bits per heavy atom. The average molecular weight is 2120 g/mol. The fraction of sp³-hybridized carbons (Fsp3) is 0.583. The summed E-state index contributed by atoms with van der Waals surface area (Å²) in [5.41, 5.74) is -9.93. The molecule has 144 heavy (non-hydrogen) atoms. The van der Waals surface area contributed by atoms with E-state index in [0.29, 0.717) is 86.0 Å². The molecule has 20 rings (SSSR count). The predicted octanol–water partition coefficient (Wildman–Crippen LogP) is 8.73. The second-order valence-corrected chi connectivity index (χ2v) is 34.8. The zero-order chi connectivity index (χ0) is 145. The number of nitrogens with one attached hydrogen (secondary N) is 4. The molecular formula is C96H124F4N24O16S4. The molecular weight excluding hydrogens is 1950 g/mol. The van der Waals surface area contributed by atoms with E-state index in [9.17, 15) is 78.8 Å². The number of thioether (sulfide) groups is 4. The molecule has 0 radical (unpaired) electrons. The molecule has 8 heterocycles. The van der Waals surface area contributed by atoms with Gasteiger partial charge in [-0.15, -0.1) is 20.4 Å². The number of aliphatic hydroxyl groups is 12. The van der Waals surface area contributed by atoms with Crippen molar-refractivity contribution in [2.45, 2.75) is 298 Å². The van der Waals surface area contributed by atoms with Gasteiger partial charge in [-0.2, -0.15) is 0 Å². The van der Waals surface area contributed by atoms with Crippen molar-refractivity contribution in [1.29, 1.82) is 0 Å². The number of fused-ring (bicyclic) bond motifs is 4. The molecule has 776 valence electrons. The van der Waals surface area contributed by atoms with Gasteiger partial charge in [-0.25, -0.2) is 76.2 Å². The zero-order valence-electron chi connectivity index (χ0n) is 124. The SMILES string of the molecule is [2H]C([2H])(CC)Sc1nc(N[C@H]2[C@H](c3ccc(C)c(F)c3)C2([2H])[2H])c2nnn([C@]3([2H])C([2H])([2H])[C@]([2H])(OC([2H])([2H])C([2H])([2H])O)[C@@]([2H])(O)[C@@]3([2H])O)c2n1.[2H]C([2H])(CC)Sc1nc(N[C@H]2[C@H](c3ccc(C)c(F)c3)C2([2H])[2H])c2nnn([C@]3([2H])C([2H])([2H])[C@]([2H])(OCCO)[C@@]([2H])(O)[C@@]3([2H])O)c2n1.[2H]C([2H])(CO)O[C@@]1([2H])C([2H])([2H])[C@@]([2H])(n2nnc3c(N[C@H]4[C@H](c5ccc(C)c(F)c5)C4([2H])[2H])nc(SC([2H])([2H])CC)nc32)[C@]([2H])(O)[C@]1([2H])O.[2H]C([2H])(O)CO[C@@]1([2H])C([2H])([2H])[C@@]([2H])(n2nnc3c(N[C@H]4[C@H](c5ccc(C)c(F)c5)C4([2H])[2H])nc(SC([2H])([2H])CC)nc32)[C@]([2H])(O)[C@]1([2H])O. The minimum Gasteiger partial charge on any atom is -0.394 e. The molecule has 0 bridgehead atoms. The molecule has 0 aliphatic heterocycles. The summed E-state index contributed by atoms with van der Waals surface area (Å²) in [5, 5.41) is 166. The third kappa shape index (κ3) is 23.8. The van der Waals surface area contributed by atoms with Crippen LogP contribution in [0.5, 0.6) is 0 Å². The number of rotatable bonds is 40. The van der Waals surface area contributed by atoms with Gasteiger partial charge in [0.1, 0.15) is 71.9 Å². The average Bonchev–Trinajstić information content (AvgIpc) is 1.48. The van der Waals surface area contributed by atoms with Gasteiger partial charge in [0.15, 0.2) is 88.6 Å². The van der Waals surface area contributed by atoms with Crippen LogP contribution in [0.1, 0.15) is 262 Å². The van der Waals surface area contributed by atoms with Crippen LogP contribution >= 0.6 is 47.0 Å². The van der Waals surface area contributed by atoms with Crippen molar-refractivity contribution in [2.75, 3.05) is 96.8 Å². The Morgan fingerprint density at radius 2 is 0.604 bits per heavy atom. The second kappa shape index (κ2) is 47.3. The number of anilines is 4. The van der Waals surface area contributed by atoms with E-state index in [1.165, 1.54) is 83.1 Å². The van der Waals surface area contributed by atoms with Crippen LogP contribution in [0.25, 0.3) is 44.7 Å². The van der Waals surface area contributed by atoms with Crippen molar-refractivity contribution in [1.82, 2.24) is 99.8 Å². The van der Waals surface area contributed by atoms with Gasteiger partial charge >= 0.3 is 0 Å². The summed E-state index contributed by atoms with van der Waals surface area (Å²) in [6, 6.07) is -2.60. The Kier molecular flexibility index (Phi) is 20.0. The minimum absolute atomic E-state index is 0.0294. The molecule has 48 heteroatoms. The maximum atomic E-state index is 14.4. The molecule has 8 aromatic heterocycles. The van der Waals surface area contributed by atoms with Gasteiger partial charge in [0.05, 0.1) is 134 Å². The lowest BCUT2D eigenvalue weighted by Crippen LogP contribution is -2.33. The molecule has 16 N–H and O–H groups in total. The van der Waals surface area contributed by atoms with Crippen LogP contribution in [0.3, 0.4) is 0 Å². The molecule has 40 nitrogen and oxygen atoms in total. The highest BCUT2D eigenvalue weighted by molar-refractivity contribution is 7.99.